The third-order valence-corrected chi connectivity index (χ3v) is 4.88. The van der Waals surface area contributed by atoms with Crippen molar-refractivity contribution in [2.45, 2.75) is 38.3 Å². The van der Waals surface area contributed by atoms with Gasteiger partial charge in [0.05, 0.1) is 19.1 Å². The van der Waals surface area contributed by atoms with Gasteiger partial charge in [-0.2, -0.15) is 0 Å². The maximum Gasteiger partial charge on any atom is 0.326 e. The largest absolute Gasteiger partial charge is 0.480 e. The zero-order valence-corrected chi connectivity index (χ0v) is 13.8. The lowest BCUT2D eigenvalue weighted by Gasteiger charge is -2.30. The summed E-state index contributed by atoms with van der Waals surface area (Å²) in [6, 6.07) is 5.93. The first-order valence-corrected chi connectivity index (χ1v) is 8.13. The van der Waals surface area contributed by atoms with Crippen LogP contribution in [0.2, 0.25) is 0 Å². The van der Waals surface area contributed by atoms with Gasteiger partial charge in [-0.3, -0.25) is 9.59 Å². The second-order valence-corrected chi connectivity index (χ2v) is 6.59. The summed E-state index contributed by atoms with van der Waals surface area (Å²) < 4.78 is 4.87. The zero-order chi connectivity index (χ0) is 17.4. The smallest absolute Gasteiger partial charge is 0.326 e. The number of aliphatic carboxylic acids is 1. The molecule has 1 aromatic carbocycles. The number of rotatable bonds is 4. The normalized spacial score (nSPS) is 26.2. The number of aryl methyl sites for hydroxylation is 1. The van der Waals surface area contributed by atoms with Crippen molar-refractivity contribution < 1.29 is 24.2 Å². The third kappa shape index (κ3) is 2.88. The lowest BCUT2D eigenvalue weighted by molar-refractivity contribution is -0.151. The Morgan fingerprint density at radius 1 is 1.17 bits per heavy atom. The van der Waals surface area contributed by atoms with Crippen LogP contribution in [-0.4, -0.2) is 41.0 Å². The molecule has 6 heteroatoms. The number of ether oxygens (including phenoxy) is 1. The molecule has 1 aliphatic heterocycles. The molecule has 1 saturated carbocycles. The molecule has 3 atom stereocenters. The molecule has 1 N–H and O–H groups in total. The number of esters is 1. The minimum Gasteiger partial charge on any atom is -0.480 e. The van der Waals surface area contributed by atoms with Gasteiger partial charge in [0.1, 0.15) is 6.04 Å². The van der Waals surface area contributed by atoms with E-state index in [1.165, 1.54) is 12.0 Å². The number of carboxylic acids is 1. The van der Waals surface area contributed by atoms with Crippen molar-refractivity contribution in [3.63, 3.8) is 0 Å². The lowest BCUT2D eigenvalue weighted by atomic mass is 9.92. The molecule has 0 aromatic heterocycles. The highest BCUT2D eigenvalue weighted by Gasteiger charge is 2.53. The summed E-state index contributed by atoms with van der Waals surface area (Å²) in [6.45, 7) is 1.95. The number of carboxylic acid groups (broad SMARTS) is 1. The summed E-state index contributed by atoms with van der Waals surface area (Å²) in [7, 11) is 1.29. The number of benzene rings is 1. The molecule has 0 spiro atoms. The predicted octanol–water partition coefficient (Wildman–Crippen LogP) is 1.92. The zero-order valence-electron chi connectivity index (χ0n) is 13.8. The molecule has 1 saturated heterocycles. The molecule has 3 rings (SSSR count). The number of carbonyl (C=O) groups excluding carboxylic acids is 2. The van der Waals surface area contributed by atoms with Crippen LogP contribution in [0.25, 0.3) is 0 Å². The quantitative estimate of drug-likeness (QED) is 0.852. The van der Waals surface area contributed by atoms with Crippen molar-refractivity contribution in [3.05, 3.63) is 35.4 Å². The maximum atomic E-state index is 12.7. The van der Waals surface area contributed by atoms with Crippen LogP contribution in [0.4, 0.5) is 0 Å². The predicted molar refractivity (Wildman–Crippen MR) is 85.0 cm³/mol. The summed E-state index contributed by atoms with van der Waals surface area (Å²) in [5.74, 6) is -2.50. The van der Waals surface area contributed by atoms with Crippen molar-refractivity contribution in [1.29, 1.82) is 0 Å². The van der Waals surface area contributed by atoms with E-state index >= 15 is 0 Å². The van der Waals surface area contributed by atoms with E-state index in [2.05, 4.69) is 0 Å². The molecule has 1 aliphatic carbocycles. The van der Waals surface area contributed by atoms with Crippen LogP contribution in [0.5, 0.6) is 0 Å². The van der Waals surface area contributed by atoms with Crippen molar-refractivity contribution in [3.8, 4) is 0 Å². The van der Waals surface area contributed by atoms with E-state index in [9.17, 15) is 19.5 Å². The number of amides is 1. The Kier molecular flexibility index (Phi) is 4.30. The molecule has 128 valence electrons. The van der Waals surface area contributed by atoms with E-state index in [1.54, 1.807) is 0 Å². The van der Waals surface area contributed by atoms with Crippen molar-refractivity contribution in [2.24, 2.45) is 11.8 Å². The maximum absolute atomic E-state index is 12.7. The molecule has 1 heterocycles. The van der Waals surface area contributed by atoms with Crippen LogP contribution in [-0.2, 0) is 19.1 Å². The molecule has 1 amide bonds. The summed E-state index contributed by atoms with van der Waals surface area (Å²) in [6.07, 6.45) is 1.65. The van der Waals surface area contributed by atoms with Gasteiger partial charge < -0.3 is 14.7 Å². The summed E-state index contributed by atoms with van der Waals surface area (Å²) in [5, 5.41) is 9.57. The van der Waals surface area contributed by atoms with Crippen LogP contribution in [0.3, 0.4) is 0 Å². The first-order chi connectivity index (χ1) is 11.4. The summed E-state index contributed by atoms with van der Waals surface area (Å²) in [5.41, 5.74) is 1.83. The second kappa shape index (κ2) is 6.26. The van der Waals surface area contributed by atoms with E-state index in [4.69, 9.17) is 4.74 Å². The fourth-order valence-corrected chi connectivity index (χ4v) is 3.46. The fourth-order valence-electron chi connectivity index (χ4n) is 3.46. The third-order valence-electron chi connectivity index (χ3n) is 4.88. The first-order valence-electron chi connectivity index (χ1n) is 8.13. The SMILES string of the molecule is COC(=O)C1CC(C(=O)O)N(C(=O)C2CC2)C1c1ccc(C)cc1. The Bertz CT molecular complexity index is 664. The highest BCUT2D eigenvalue weighted by Crippen LogP contribution is 2.45. The van der Waals surface area contributed by atoms with Crippen LogP contribution < -0.4 is 0 Å². The van der Waals surface area contributed by atoms with E-state index in [-0.39, 0.29) is 18.2 Å². The minimum absolute atomic E-state index is 0.0824. The van der Waals surface area contributed by atoms with Crippen LogP contribution in [0.1, 0.15) is 36.4 Å². The monoisotopic (exact) mass is 331 g/mol. The molecule has 0 radical (unpaired) electrons. The molecule has 0 bridgehead atoms. The van der Waals surface area contributed by atoms with Gasteiger partial charge in [-0.15, -0.1) is 0 Å². The number of carbonyl (C=O) groups is 3. The molecule has 24 heavy (non-hydrogen) atoms. The van der Waals surface area contributed by atoms with Gasteiger partial charge in [0.15, 0.2) is 0 Å². The molecular weight excluding hydrogens is 310 g/mol. The Labute approximate surface area is 140 Å². The van der Waals surface area contributed by atoms with E-state index in [0.29, 0.717) is 0 Å². The molecular formula is C18H21NO5. The van der Waals surface area contributed by atoms with Crippen LogP contribution >= 0.6 is 0 Å². The van der Waals surface area contributed by atoms with Gasteiger partial charge in [-0.25, -0.2) is 4.79 Å². The van der Waals surface area contributed by atoms with E-state index in [1.807, 2.05) is 31.2 Å². The van der Waals surface area contributed by atoms with Gasteiger partial charge in [0.25, 0.3) is 0 Å². The molecule has 2 aliphatic rings. The lowest BCUT2D eigenvalue weighted by Crippen LogP contribution is -2.43. The Balaban J connectivity index is 2.04. The van der Waals surface area contributed by atoms with Crippen molar-refractivity contribution in [1.82, 2.24) is 4.90 Å². The van der Waals surface area contributed by atoms with Gasteiger partial charge in [0, 0.05) is 5.92 Å². The van der Waals surface area contributed by atoms with Gasteiger partial charge in [-0.05, 0) is 31.7 Å². The molecule has 3 unspecified atom stereocenters. The highest BCUT2D eigenvalue weighted by molar-refractivity contribution is 5.89. The first kappa shape index (κ1) is 16.5. The average Bonchev–Trinajstić information content (AvgIpc) is 3.33. The van der Waals surface area contributed by atoms with Crippen LogP contribution in [0.15, 0.2) is 24.3 Å². The average molecular weight is 331 g/mol. The van der Waals surface area contributed by atoms with E-state index < -0.39 is 29.9 Å². The number of hydrogen-bond donors (Lipinski definition) is 1. The Morgan fingerprint density at radius 3 is 2.29 bits per heavy atom. The van der Waals surface area contributed by atoms with Crippen molar-refractivity contribution in [2.75, 3.05) is 7.11 Å². The topological polar surface area (TPSA) is 83.9 Å². The Hall–Kier alpha value is -2.37. The highest BCUT2D eigenvalue weighted by atomic mass is 16.5. The number of likely N-dealkylation sites (tertiary alicyclic amines) is 1. The number of methoxy groups -OCH3 is 1. The number of nitrogens with zero attached hydrogens (tertiary/aromatic N) is 1. The van der Waals surface area contributed by atoms with E-state index in [0.717, 1.165) is 24.0 Å². The molecule has 1 aromatic rings. The standard InChI is InChI=1S/C18H21NO5/c1-10-3-5-11(6-4-10)15-13(18(23)24-2)9-14(17(21)22)19(15)16(20)12-7-8-12/h3-6,12-15H,7-9H2,1-2H3,(H,21,22). The van der Waals surface area contributed by atoms with Crippen LogP contribution in [0, 0.1) is 18.8 Å². The Morgan fingerprint density at radius 2 is 1.79 bits per heavy atom. The van der Waals surface area contributed by atoms with Gasteiger partial charge >= 0.3 is 11.9 Å². The molecule has 2 fully saturated rings. The number of hydrogen-bond acceptors (Lipinski definition) is 4. The summed E-state index contributed by atoms with van der Waals surface area (Å²) in [4.78, 5) is 38.1. The summed E-state index contributed by atoms with van der Waals surface area (Å²) >= 11 is 0. The fraction of sp³-hybridized carbons (Fsp3) is 0.500. The molecule has 6 nitrogen and oxygen atoms in total. The minimum atomic E-state index is -1.08. The van der Waals surface area contributed by atoms with Crippen molar-refractivity contribution >= 4 is 17.8 Å². The van der Waals surface area contributed by atoms with Gasteiger partial charge in [0.2, 0.25) is 5.91 Å². The van der Waals surface area contributed by atoms with Gasteiger partial charge in [-0.1, -0.05) is 29.8 Å². The second-order valence-electron chi connectivity index (χ2n) is 6.59.